The zero-order chi connectivity index (χ0) is 13.8. The Hall–Kier alpha value is -0.820. The average molecular weight is 268 g/mol. The Morgan fingerprint density at radius 2 is 2.00 bits per heavy atom. The highest BCUT2D eigenvalue weighted by atomic mass is 19.4. The number of carbonyl (C=O) groups excluding carboxylic acids is 1. The number of hydrogen-bond acceptors (Lipinski definition) is 3. The van der Waals surface area contributed by atoms with Crippen LogP contribution in [0, 0.1) is 5.92 Å². The van der Waals surface area contributed by atoms with Crippen LogP contribution < -0.4 is 5.32 Å². The first-order valence-electron chi connectivity index (χ1n) is 6.03. The summed E-state index contributed by atoms with van der Waals surface area (Å²) >= 11 is 0. The fraction of sp³-hybridized carbons (Fsp3) is 0.909. The van der Waals surface area contributed by atoms with Crippen LogP contribution in [0.5, 0.6) is 0 Å². The molecule has 0 aromatic heterocycles. The fourth-order valence-electron chi connectivity index (χ4n) is 2.02. The highest BCUT2D eigenvalue weighted by Gasteiger charge is 2.31. The van der Waals surface area contributed by atoms with Crippen molar-refractivity contribution in [3.63, 3.8) is 0 Å². The second kappa shape index (κ2) is 6.38. The Morgan fingerprint density at radius 3 is 2.44 bits per heavy atom. The quantitative estimate of drug-likeness (QED) is 0.791. The van der Waals surface area contributed by atoms with Crippen molar-refractivity contribution in [2.24, 2.45) is 5.92 Å². The van der Waals surface area contributed by atoms with E-state index in [4.69, 9.17) is 5.11 Å². The predicted octanol–water partition coefficient (Wildman–Crippen LogP) is 0.758. The molecular formula is C11H19F3N2O2. The molecule has 0 saturated carbocycles. The molecule has 1 rings (SSSR count). The van der Waals surface area contributed by atoms with Gasteiger partial charge in [-0.25, -0.2) is 0 Å². The number of alkyl halides is 3. The maximum absolute atomic E-state index is 12.0. The summed E-state index contributed by atoms with van der Waals surface area (Å²) in [6.07, 6.45) is -2.83. The molecule has 1 unspecified atom stereocenters. The predicted molar refractivity (Wildman–Crippen MR) is 59.9 cm³/mol. The fourth-order valence-corrected chi connectivity index (χ4v) is 2.02. The van der Waals surface area contributed by atoms with Crippen molar-refractivity contribution < 1.29 is 23.1 Å². The molecule has 7 heteroatoms. The topological polar surface area (TPSA) is 52.6 Å². The van der Waals surface area contributed by atoms with Gasteiger partial charge in [0.2, 0.25) is 5.91 Å². The van der Waals surface area contributed by atoms with E-state index < -0.39 is 24.7 Å². The maximum atomic E-state index is 12.0. The van der Waals surface area contributed by atoms with Crippen LogP contribution in [0.1, 0.15) is 19.8 Å². The molecule has 0 aromatic carbocycles. The molecule has 0 aromatic rings. The summed E-state index contributed by atoms with van der Waals surface area (Å²) in [7, 11) is 0. The summed E-state index contributed by atoms with van der Waals surface area (Å²) in [5.74, 6) is -0.360. The maximum Gasteiger partial charge on any atom is 0.405 e. The van der Waals surface area contributed by atoms with Gasteiger partial charge in [-0.1, -0.05) is 0 Å². The van der Waals surface area contributed by atoms with Crippen LogP contribution in [-0.2, 0) is 4.79 Å². The summed E-state index contributed by atoms with van der Waals surface area (Å²) in [4.78, 5) is 13.4. The molecule has 18 heavy (non-hydrogen) atoms. The van der Waals surface area contributed by atoms with Crippen molar-refractivity contribution >= 4 is 5.91 Å². The number of nitrogens with one attached hydrogen (secondary N) is 1. The standard InChI is InChI=1S/C11H19F3N2O2/c1-8(10(18)15-7-11(12,13)14)16-4-2-9(6-17)3-5-16/h8-9,17H,2-7H2,1H3,(H,15,18). The molecule has 0 aliphatic carbocycles. The van der Waals surface area contributed by atoms with Crippen molar-refractivity contribution in [1.29, 1.82) is 0 Å². The lowest BCUT2D eigenvalue weighted by molar-refractivity contribution is -0.141. The number of rotatable bonds is 4. The second-order valence-corrected chi connectivity index (χ2v) is 4.67. The van der Waals surface area contributed by atoms with Gasteiger partial charge in [0, 0.05) is 6.61 Å². The molecule has 0 spiro atoms. The number of hydrogen-bond donors (Lipinski definition) is 2. The summed E-state index contributed by atoms with van der Waals surface area (Å²) in [6.45, 7) is 1.70. The van der Waals surface area contributed by atoms with E-state index in [1.165, 1.54) is 0 Å². The van der Waals surface area contributed by atoms with Gasteiger partial charge in [-0.2, -0.15) is 13.2 Å². The molecule has 1 aliphatic heterocycles. The third kappa shape index (κ3) is 4.81. The highest BCUT2D eigenvalue weighted by molar-refractivity contribution is 5.81. The summed E-state index contributed by atoms with van der Waals surface area (Å²) in [5.41, 5.74) is 0. The van der Waals surface area contributed by atoms with E-state index >= 15 is 0 Å². The van der Waals surface area contributed by atoms with Crippen LogP contribution in [0.25, 0.3) is 0 Å². The molecule has 1 saturated heterocycles. The number of piperidine rings is 1. The van der Waals surface area contributed by atoms with Crippen molar-refractivity contribution in [3.05, 3.63) is 0 Å². The molecule has 0 bridgehead atoms. The smallest absolute Gasteiger partial charge is 0.396 e. The van der Waals surface area contributed by atoms with Gasteiger partial charge in [0.05, 0.1) is 6.04 Å². The zero-order valence-electron chi connectivity index (χ0n) is 10.3. The first-order chi connectivity index (χ1) is 8.33. The molecule has 1 amide bonds. The van der Waals surface area contributed by atoms with Crippen LogP contribution in [0.3, 0.4) is 0 Å². The van der Waals surface area contributed by atoms with Gasteiger partial charge in [-0.15, -0.1) is 0 Å². The Morgan fingerprint density at radius 1 is 1.44 bits per heavy atom. The zero-order valence-corrected chi connectivity index (χ0v) is 10.3. The van der Waals surface area contributed by atoms with Gasteiger partial charge in [-0.05, 0) is 38.8 Å². The van der Waals surface area contributed by atoms with Crippen molar-refractivity contribution in [2.45, 2.75) is 32.0 Å². The number of halogens is 3. The summed E-state index contributed by atoms with van der Waals surface area (Å²) < 4.78 is 35.9. The SMILES string of the molecule is CC(C(=O)NCC(F)(F)F)N1CCC(CO)CC1. The Bertz CT molecular complexity index is 276. The highest BCUT2D eigenvalue weighted by Crippen LogP contribution is 2.18. The van der Waals surface area contributed by atoms with E-state index in [2.05, 4.69) is 0 Å². The van der Waals surface area contributed by atoms with Crippen LogP contribution >= 0.6 is 0 Å². The van der Waals surface area contributed by atoms with Crippen LogP contribution in [0.15, 0.2) is 0 Å². The molecular weight excluding hydrogens is 249 g/mol. The van der Waals surface area contributed by atoms with Gasteiger partial charge in [-0.3, -0.25) is 9.69 Å². The molecule has 1 heterocycles. The second-order valence-electron chi connectivity index (χ2n) is 4.67. The number of aliphatic hydroxyl groups excluding tert-OH is 1. The number of carbonyl (C=O) groups is 1. The van der Waals surface area contributed by atoms with Crippen molar-refractivity contribution in [3.8, 4) is 0 Å². The van der Waals surface area contributed by atoms with E-state index in [0.717, 1.165) is 12.8 Å². The first-order valence-corrected chi connectivity index (χ1v) is 6.03. The summed E-state index contributed by atoms with van der Waals surface area (Å²) in [5, 5.41) is 10.9. The summed E-state index contributed by atoms with van der Waals surface area (Å²) in [6, 6.07) is -0.563. The van der Waals surface area contributed by atoms with Crippen molar-refractivity contribution in [1.82, 2.24) is 10.2 Å². The molecule has 0 radical (unpaired) electrons. The number of nitrogens with zero attached hydrogens (tertiary/aromatic N) is 1. The lowest BCUT2D eigenvalue weighted by atomic mass is 9.97. The van der Waals surface area contributed by atoms with Gasteiger partial charge < -0.3 is 10.4 Å². The van der Waals surface area contributed by atoms with E-state index in [0.29, 0.717) is 13.1 Å². The Labute approximate surface area is 104 Å². The monoisotopic (exact) mass is 268 g/mol. The minimum Gasteiger partial charge on any atom is -0.396 e. The first kappa shape index (κ1) is 15.2. The van der Waals surface area contributed by atoms with Gasteiger partial charge in [0.1, 0.15) is 6.54 Å². The van der Waals surface area contributed by atoms with E-state index in [9.17, 15) is 18.0 Å². The van der Waals surface area contributed by atoms with Crippen LogP contribution in [0.4, 0.5) is 13.2 Å². The van der Waals surface area contributed by atoms with Crippen molar-refractivity contribution in [2.75, 3.05) is 26.2 Å². The molecule has 1 fully saturated rings. The molecule has 4 nitrogen and oxygen atoms in total. The third-order valence-corrected chi connectivity index (χ3v) is 3.30. The van der Waals surface area contributed by atoms with E-state index in [1.54, 1.807) is 6.92 Å². The van der Waals surface area contributed by atoms with Gasteiger partial charge in [0.15, 0.2) is 0 Å². The number of likely N-dealkylation sites (tertiary alicyclic amines) is 1. The normalized spacial score (nSPS) is 20.7. The number of aliphatic hydroxyl groups is 1. The molecule has 1 atom stereocenters. The number of amides is 1. The lowest BCUT2D eigenvalue weighted by Crippen LogP contribution is -2.50. The average Bonchev–Trinajstić information content (AvgIpc) is 2.34. The van der Waals surface area contributed by atoms with Gasteiger partial charge >= 0.3 is 6.18 Å². The molecule has 106 valence electrons. The largest absolute Gasteiger partial charge is 0.405 e. The Balaban J connectivity index is 2.35. The van der Waals surface area contributed by atoms with E-state index in [-0.39, 0.29) is 12.5 Å². The van der Waals surface area contributed by atoms with Crippen LogP contribution in [-0.4, -0.2) is 54.4 Å². The van der Waals surface area contributed by atoms with Crippen LogP contribution in [0.2, 0.25) is 0 Å². The molecule has 1 aliphatic rings. The minimum absolute atomic E-state index is 0.127. The Kier molecular flexibility index (Phi) is 5.40. The lowest BCUT2D eigenvalue weighted by Gasteiger charge is -2.34. The third-order valence-electron chi connectivity index (χ3n) is 3.30. The van der Waals surface area contributed by atoms with E-state index in [1.807, 2.05) is 10.2 Å². The van der Waals surface area contributed by atoms with Gasteiger partial charge in [0.25, 0.3) is 0 Å². The molecule has 2 N–H and O–H groups in total. The minimum atomic E-state index is -4.38.